The van der Waals surface area contributed by atoms with E-state index in [2.05, 4.69) is 31.2 Å². The molecular formula is C13H12BrClN4. The number of hydrogen-bond acceptors (Lipinski definition) is 4. The molecule has 1 heterocycles. The largest absolute Gasteiger partial charge is 0.384 e. The second kappa shape index (κ2) is 4.98. The number of hydrogen-bond donors (Lipinski definition) is 2. The minimum atomic E-state index is 0.462. The summed E-state index contributed by atoms with van der Waals surface area (Å²) in [4.78, 5) is 8.74. The van der Waals surface area contributed by atoms with E-state index in [0.29, 0.717) is 22.6 Å². The van der Waals surface area contributed by atoms with Crippen LogP contribution < -0.4 is 11.1 Å². The highest BCUT2D eigenvalue weighted by atomic mass is 79.9. The van der Waals surface area contributed by atoms with E-state index in [0.717, 1.165) is 28.8 Å². The average molecular weight is 340 g/mol. The average Bonchev–Trinajstić information content (AvgIpc) is 3.16. The zero-order valence-electron chi connectivity index (χ0n) is 10.0. The van der Waals surface area contributed by atoms with Crippen molar-refractivity contribution < 1.29 is 0 Å². The van der Waals surface area contributed by atoms with Gasteiger partial charge in [0.1, 0.15) is 17.5 Å². The summed E-state index contributed by atoms with van der Waals surface area (Å²) in [6.45, 7) is 0. The fourth-order valence-corrected chi connectivity index (χ4v) is 2.52. The molecule has 1 aromatic heterocycles. The van der Waals surface area contributed by atoms with Gasteiger partial charge in [0, 0.05) is 16.5 Å². The maximum absolute atomic E-state index is 6.17. The highest BCUT2D eigenvalue weighted by Gasteiger charge is 2.27. The zero-order chi connectivity index (χ0) is 13.4. The molecule has 1 aromatic carbocycles. The van der Waals surface area contributed by atoms with Crippen molar-refractivity contribution in [3.63, 3.8) is 0 Å². The SMILES string of the molecule is Nc1cc(Nc2ccc(Br)cc2Cl)nc(C2CC2)n1. The van der Waals surface area contributed by atoms with Gasteiger partial charge in [0.05, 0.1) is 10.7 Å². The molecule has 0 aliphatic heterocycles. The van der Waals surface area contributed by atoms with Crippen LogP contribution in [0.25, 0.3) is 0 Å². The van der Waals surface area contributed by atoms with E-state index in [1.54, 1.807) is 6.07 Å². The maximum Gasteiger partial charge on any atom is 0.136 e. The highest BCUT2D eigenvalue weighted by Crippen LogP contribution is 2.39. The Balaban J connectivity index is 1.89. The molecule has 1 saturated carbocycles. The van der Waals surface area contributed by atoms with Crippen LogP contribution in [-0.2, 0) is 0 Å². The predicted molar refractivity (Wildman–Crippen MR) is 80.9 cm³/mol. The number of benzene rings is 1. The van der Waals surface area contributed by atoms with Gasteiger partial charge < -0.3 is 11.1 Å². The van der Waals surface area contributed by atoms with Gasteiger partial charge in [-0.1, -0.05) is 27.5 Å². The summed E-state index contributed by atoms with van der Waals surface area (Å²) in [5.41, 5.74) is 6.61. The van der Waals surface area contributed by atoms with Crippen LogP contribution in [0.3, 0.4) is 0 Å². The summed E-state index contributed by atoms with van der Waals surface area (Å²) in [7, 11) is 0. The predicted octanol–water partition coefficient (Wildman–Crippen LogP) is 4.10. The van der Waals surface area contributed by atoms with Crippen molar-refractivity contribution in [2.24, 2.45) is 0 Å². The molecular weight excluding hydrogens is 328 g/mol. The van der Waals surface area contributed by atoms with Crippen molar-refractivity contribution in [2.45, 2.75) is 18.8 Å². The Hall–Kier alpha value is -1.33. The standard InChI is InChI=1S/C13H12BrClN4/c14-8-3-4-10(9(15)5-8)17-12-6-11(16)18-13(19-12)7-1-2-7/h3-7H,1-2H2,(H3,16,17,18,19). The molecule has 98 valence electrons. The third kappa shape index (κ3) is 2.98. The Labute approximate surface area is 124 Å². The van der Waals surface area contributed by atoms with Crippen molar-refractivity contribution in [1.29, 1.82) is 0 Å². The summed E-state index contributed by atoms with van der Waals surface area (Å²) in [6, 6.07) is 7.35. The topological polar surface area (TPSA) is 63.8 Å². The Kier molecular flexibility index (Phi) is 3.33. The molecule has 0 bridgehead atoms. The van der Waals surface area contributed by atoms with Crippen LogP contribution in [0, 0.1) is 0 Å². The van der Waals surface area contributed by atoms with Gasteiger partial charge >= 0.3 is 0 Å². The number of rotatable bonds is 3. The molecule has 0 radical (unpaired) electrons. The lowest BCUT2D eigenvalue weighted by atomic mass is 10.3. The molecule has 1 aliphatic carbocycles. The molecule has 0 spiro atoms. The lowest BCUT2D eigenvalue weighted by Crippen LogP contribution is -2.02. The normalized spacial score (nSPS) is 14.4. The highest BCUT2D eigenvalue weighted by molar-refractivity contribution is 9.10. The zero-order valence-corrected chi connectivity index (χ0v) is 12.4. The van der Waals surface area contributed by atoms with E-state index in [1.807, 2.05) is 18.2 Å². The van der Waals surface area contributed by atoms with Gasteiger partial charge in [-0.15, -0.1) is 0 Å². The molecule has 3 rings (SSSR count). The van der Waals surface area contributed by atoms with Gasteiger partial charge in [0.15, 0.2) is 0 Å². The van der Waals surface area contributed by atoms with Crippen LogP contribution in [0.1, 0.15) is 24.6 Å². The minimum absolute atomic E-state index is 0.462. The lowest BCUT2D eigenvalue weighted by Gasteiger charge is -2.09. The maximum atomic E-state index is 6.17. The first kappa shape index (κ1) is 12.7. The van der Waals surface area contributed by atoms with E-state index >= 15 is 0 Å². The van der Waals surface area contributed by atoms with E-state index < -0.39 is 0 Å². The molecule has 0 amide bonds. The molecule has 2 aromatic rings. The van der Waals surface area contributed by atoms with Crippen molar-refractivity contribution in [2.75, 3.05) is 11.1 Å². The molecule has 1 fully saturated rings. The number of nitrogens with one attached hydrogen (secondary N) is 1. The van der Waals surface area contributed by atoms with Gasteiger partial charge in [-0.05, 0) is 31.0 Å². The quantitative estimate of drug-likeness (QED) is 0.884. The number of nitrogens with zero attached hydrogens (tertiary/aromatic N) is 2. The second-order valence-corrected chi connectivity index (χ2v) is 5.88. The molecule has 19 heavy (non-hydrogen) atoms. The number of halogens is 2. The van der Waals surface area contributed by atoms with Crippen LogP contribution >= 0.6 is 27.5 Å². The van der Waals surface area contributed by atoms with Crippen LogP contribution in [0.5, 0.6) is 0 Å². The van der Waals surface area contributed by atoms with Crippen LogP contribution in [0.2, 0.25) is 5.02 Å². The number of nitrogen functional groups attached to an aromatic ring is 1. The second-order valence-electron chi connectivity index (χ2n) is 4.56. The third-order valence-corrected chi connectivity index (χ3v) is 3.71. The molecule has 4 nitrogen and oxygen atoms in total. The van der Waals surface area contributed by atoms with E-state index in [1.165, 1.54) is 0 Å². The summed E-state index contributed by atoms with van der Waals surface area (Å²) in [5, 5.41) is 3.80. The third-order valence-electron chi connectivity index (χ3n) is 2.90. The first-order valence-electron chi connectivity index (χ1n) is 5.98. The Bertz CT molecular complexity index is 628. The fourth-order valence-electron chi connectivity index (χ4n) is 1.80. The Morgan fingerprint density at radius 3 is 2.74 bits per heavy atom. The lowest BCUT2D eigenvalue weighted by molar-refractivity contribution is 0.936. The van der Waals surface area contributed by atoms with Gasteiger partial charge in [0.2, 0.25) is 0 Å². The van der Waals surface area contributed by atoms with Crippen LogP contribution in [0.4, 0.5) is 17.3 Å². The van der Waals surface area contributed by atoms with Gasteiger partial charge in [0.25, 0.3) is 0 Å². The minimum Gasteiger partial charge on any atom is -0.384 e. The Morgan fingerprint density at radius 1 is 1.26 bits per heavy atom. The first-order chi connectivity index (χ1) is 9.11. The summed E-state index contributed by atoms with van der Waals surface area (Å²) < 4.78 is 0.934. The monoisotopic (exact) mass is 338 g/mol. The summed E-state index contributed by atoms with van der Waals surface area (Å²) >= 11 is 9.54. The van der Waals surface area contributed by atoms with Crippen molar-refractivity contribution in [1.82, 2.24) is 9.97 Å². The smallest absolute Gasteiger partial charge is 0.136 e. The molecule has 1 aliphatic rings. The number of aromatic nitrogens is 2. The van der Waals surface area contributed by atoms with Crippen LogP contribution in [-0.4, -0.2) is 9.97 Å². The molecule has 0 atom stereocenters. The number of nitrogens with two attached hydrogens (primary N) is 1. The van der Waals surface area contributed by atoms with Gasteiger partial charge in [-0.3, -0.25) is 0 Å². The summed E-state index contributed by atoms with van der Waals surface area (Å²) in [6.07, 6.45) is 2.28. The van der Waals surface area contributed by atoms with E-state index in [9.17, 15) is 0 Å². The fraction of sp³-hybridized carbons (Fsp3) is 0.231. The van der Waals surface area contributed by atoms with E-state index in [4.69, 9.17) is 17.3 Å². The van der Waals surface area contributed by atoms with E-state index in [-0.39, 0.29) is 0 Å². The van der Waals surface area contributed by atoms with Gasteiger partial charge in [-0.2, -0.15) is 0 Å². The van der Waals surface area contributed by atoms with Crippen molar-refractivity contribution in [3.05, 3.63) is 39.6 Å². The molecule has 0 saturated heterocycles. The van der Waals surface area contributed by atoms with Crippen LogP contribution in [0.15, 0.2) is 28.7 Å². The van der Waals surface area contributed by atoms with Gasteiger partial charge in [-0.25, -0.2) is 9.97 Å². The molecule has 3 N–H and O–H groups in total. The Morgan fingerprint density at radius 2 is 2.05 bits per heavy atom. The van der Waals surface area contributed by atoms with Crippen molar-refractivity contribution >= 4 is 44.9 Å². The summed E-state index contributed by atoms with van der Waals surface area (Å²) in [5.74, 6) is 2.44. The molecule has 6 heteroatoms. The first-order valence-corrected chi connectivity index (χ1v) is 7.15. The van der Waals surface area contributed by atoms with Crippen molar-refractivity contribution in [3.8, 4) is 0 Å². The number of anilines is 3. The molecule has 0 unspecified atom stereocenters.